The first-order valence-electron chi connectivity index (χ1n) is 5.36. The fourth-order valence-electron chi connectivity index (χ4n) is 1.66. The summed E-state index contributed by atoms with van der Waals surface area (Å²) in [6.07, 6.45) is 0.825. The molecule has 0 aliphatic carbocycles. The van der Waals surface area contributed by atoms with Crippen molar-refractivity contribution >= 4 is 29.0 Å². The van der Waals surface area contributed by atoms with Crippen molar-refractivity contribution in [1.29, 1.82) is 0 Å². The Morgan fingerprint density at radius 1 is 1.53 bits per heavy atom. The summed E-state index contributed by atoms with van der Waals surface area (Å²) in [7, 11) is 0. The van der Waals surface area contributed by atoms with E-state index in [0.717, 1.165) is 6.42 Å². The molecule has 1 heterocycles. The number of ether oxygens (including phenoxy) is 1. The van der Waals surface area contributed by atoms with Crippen LogP contribution < -0.4 is 16.4 Å². The Labute approximate surface area is 104 Å². The molecule has 0 bridgehead atoms. The van der Waals surface area contributed by atoms with Gasteiger partial charge in [0.25, 0.3) is 0 Å². The van der Waals surface area contributed by atoms with Crippen LogP contribution in [-0.4, -0.2) is 25.3 Å². The van der Waals surface area contributed by atoms with Gasteiger partial charge in [0, 0.05) is 6.61 Å². The van der Waals surface area contributed by atoms with Crippen LogP contribution in [0.15, 0.2) is 18.2 Å². The molecule has 2 rings (SSSR count). The van der Waals surface area contributed by atoms with E-state index in [1.54, 1.807) is 18.2 Å². The lowest BCUT2D eigenvalue weighted by Gasteiger charge is -2.14. The number of hydrogen-bond acceptors (Lipinski definition) is 3. The van der Waals surface area contributed by atoms with E-state index in [0.29, 0.717) is 29.6 Å². The maximum atomic E-state index is 11.7. The number of halogens is 1. The van der Waals surface area contributed by atoms with Crippen molar-refractivity contribution < 1.29 is 9.53 Å². The number of nitrogens with one attached hydrogen (secondary N) is 2. The molecule has 17 heavy (non-hydrogen) atoms. The van der Waals surface area contributed by atoms with Crippen molar-refractivity contribution in [3.8, 4) is 0 Å². The Bertz CT molecular complexity index is 399. The molecular formula is C11H14ClN3O2. The van der Waals surface area contributed by atoms with E-state index < -0.39 is 0 Å². The van der Waals surface area contributed by atoms with E-state index in [4.69, 9.17) is 22.1 Å². The summed E-state index contributed by atoms with van der Waals surface area (Å²) in [6.45, 7) is 1.23. The molecule has 5 nitrogen and oxygen atoms in total. The molecule has 1 atom stereocenters. The van der Waals surface area contributed by atoms with Crippen molar-refractivity contribution in [2.24, 2.45) is 0 Å². The van der Waals surface area contributed by atoms with Gasteiger partial charge in [0.05, 0.1) is 29.0 Å². The van der Waals surface area contributed by atoms with E-state index >= 15 is 0 Å². The first-order chi connectivity index (χ1) is 8.16. The maximum Gasteiger partial charge on any atom is 0.319 e. The molecule has 1 fully saturated rings. The lowest BCUT2D eigenvalue weighted by molar-refractivity contribution is 0.189. The Kier molecular flexibility index (Phi) is 3.71. The minimum Gasteiger partial charge on any atom is -0.397 e. The SMILES string of the molecule is Nc1cccc(Cl)c1NC(=O)NC1CCOC1. The zero-order valence-corrected chi connectivity index (χ0v) is 9.96. The fourth-order valence-corrected chi connectivity index (χ4v) is 1.89. The van der Waals surface area contributed by atoms with Gasteiger partial charge in [0.15, 0.2) is 0 Å². The standard InChI is InChI=1S/C11H14ClN3O2/c12-8-2-1-3-9(13)10(8)15-11(16)14-7-4-5-17-6-7/h1-3,7H,4-6,13H2,(H2,14,15,16). The van der Waals surface area contributed by atoms with Crippen LogP contribution in [0.4, 0.5) is 16.2 Å². The van der Waals surface area contributed by atoms with Crippen molar-refractivity contribution in [2.75, 3.05) is 24.3 Å². The molecular weight excluding hydrogens is 242 g/mol. The Balaban J connectivity index is 1.97. The number of anilines is 2. The maximum absolute atomic E-state index is 11.7. The molecule has 0 spiro atoms. The zero-order chi connectivity index (χ0) is 12.3. The average molecular weight is 256 g/mol. The first kappa shape index (κ1) is 12.0. The van der Waals surface area contributed by atoms with Gasteiger partial charge < -0.3 is 21.1 Å². The van der Waals surface area contributed by atoms with E-state index in [2.05, 4.69) is 10.6 Å². The lowest BCUT2D eigenvalue weighted by Crippen LogP contribution is -2.38. The molecule has 1 aromatic rings. The minimum atomic E-state index is -0.319. The van der Waals surface area contributed by atoms with Crippen molar-refractivity contribution in [1.82, 2.24) is 5.32 Å². The third-order valence-electron chi connectivity index (χ3n) is 2.55. The molecule has 1 unspecified atom stereocenters. The third-order valence-corrected chi connectivity index (χ3v) is 2.86. The van der Waals surface area contributed by atoms with E-state index in [1.807, 2.05) is 0 Å². The molecule has 1 aliphatic rings. The predicted octanol–water partition coefficient (Wildman–Crippen LogP) is 1.83. The van der Waals surface area contributed by atoms with Crippen molar-refractivity contribution in [3.05, 3.63) is 23.2 Å². The smallest absolute Gasteiger partial charge is 0.319 e. The summed E-state index contributed by atoms with van der Waals surface area (Å²) >= 11 is 5.94. The average Bonchev–Trinajstić information content (AvgIpc) is 2.76. The van der Waals surface area contributed by atoms with Gasteiger partial charge in [-0.15, -0.1) is 0 Å². The monoisotopic (exact) mass is 255 g/mol. The summed E-state index contributed by atoms with van der Waals surface area (Å²) in [4.78, 5) is 11.7. The topological polar surface area (TPSA) is 76.4 Å². The highest BCUT2D eigenvalue weighted by Crippen LogP contribution is 2.27. The van der Waals surface area contributed by atoms with Gasteiger partial charge in [0.1, 0.15) is 0 Å². The van der Waals surface area contributed by atoms with Crippen LogP contribution in [0.3, 0.4) is 0 Å². The number of para-hydroxylation sites is 1. The fraction of sp³-hybridized carbons (Fsp3) is 0.364. The summed E-state index contributed by atoms with van der Waals surface area (Å²) in [5, 5.41) is 5.85. The normalized spacial score (nSPS) is 19.0. The molecule has 2 amide bonds. The van der Waals surface area contributed by atoms with Crippen LogP contribution in [0, 0.1) is 0 Å². The number of carbonyl (C=O) groups is 1. The van der Waals surface area contributed by atoms with Gasteiger partial charge in [-0.25, -0.2) is 4.79 Å². The van der Waals surface area contributed by atoms with Crippen LogP contribution >= 0.6 is 11.6 Å². The van der Waals surface area contributed by atoms with Gasteiger partial charge >= 0.3 is 6.03 Å². The zero-order valence-electron chi connectivity index (χ0n) is 9.20. The molecule has 4 N–H and O–H groups in total. The molecule has 0 aromatic heterocycles. The number of hydrogen-bond donors (Lipinski definition) is 3. The lowest BCUT2D eigenvalue weighted by atomic mass is 10.2. The number of nitrogen functional groups attached to an aromatic ring is 1. The van der Waals surface area contributed by atoms with Crippen LogP contribution in [0.1, 0.15) is 6.42 Å². The second kappa shape index (κ2) is 5.25. The quantitative estimate of drug-likeness (QED) is 0.706. The van der Waals surface area contributed by atoms with Gasteiger partial charge in [-0.05, 0) is 18.6 Å². The summed E-state index contributed by atoms with van der Waals surface area (Å²) in [5.74, 6) is 0. The largest absolute Gasteiger partial charge is 0.397 e. The molecule has 6 heteroatoms. The Morgan fingerprint density at radius 2 is 2.35 bits per heavy atom. The van der Waals surface area contributed by atoms with E-state index in [9.17, 15) is 4.79 Å². The third kappa shape index (κ3) is 3.01. The number of urea groups is 1. The van der Waals surface area contributed by atoms with Gasteiger partial charge in [-0.1, -0.05) is 17.7 Å². The summed E-state index contributed by atoms with van der Waals surface area (Å²) in [6, 6.07) is 4.82. The summed E-state index contributed by atoms with van der Waals surface area (Å²) in [5.41, 5.74) is 6.60. The van der Waals surface area contributed by atoms with E-state index in [1.165, 1.54) is 0 Å². The van der Waals surface area contributed by atoms with Crippen LogP contribution in [0.5, 0.6) is 0 Å². The second-order valence-corrected chi connectivity index (χ2v) is 4.27. The number of benzene rings is 1. The Morgan fingerprint density at radius 3 is 3.00 bits per heavy atom. The van der Waals surface area contributed by atoms with Gasteiger partial charge in [-0.2, -0.15) is 0 Å². The molecule has 1 aromatic carbocycles. The van der Waals surface area contributed by atoms with E-state index in [-0.39, 0.29) is 12.1 Å². The molecule has 1 aliphatic heterocycles. The first-order valence-corrected chi connectivity index (χ1v) is 5.74. The Hall–Kier alpha value is -1.46. The van der Waals surface area contributed by atoms with Crippen molar-refractivity contribution in [3.63, 3.8) is 0 Å². The number of amides is 2. The number of nitrogens with two attached hydrogens (primary N) is 1. The van der Waals surface area contributed by atoms with Gasteiger partial charge in [-0.3, -0.25) is 0 Å². The molecule has 0 radical (unpaired) electrons. The van der Waals surface area contributed by atoms with Crippen LogP contribution in [0.2, 0.25) is 5.02 Å². The molecule has 92 valence electrons. The number of rotatable bonds is 2. The summed E-state index contributed by atoms with van der Waals surface area (Å²) < 4.78 is 5.16. The highest BCUT2D eigenvalue weighted by atomic mass is 35.5. The predicted molar refractivity (Wildman–Crippen MR) is 67.2 cm³/mol. The van der Waals surface area contributed by atoms with Crippen molar-refractivity contribution in [2.45, 2.75) is 12.5 Å². The number of carbonyl (C=O) groups excluding carboxylic acids is 1. The highest BCUT2D eigenvalue weighted by Gasteiger charge is 2.18. The molecule has 1 saturated heterocycles. The van der Waals surface area contributed by atoms with Gasteiger partial charge in [0.2, 0.25) is 0 Å². The molecule has 0 saturated carbocycles. The van der Waals surface area contributed by atoms with Crippen LogP contribution in [0.25, 0.3) is 0 Å². The second-order valence-electron chi connectivity index (χ2n) is 3.86. The van der Waals surface area contributed by atoms with Crippen LogP contribution in [-0.2, 0) is 4.74 Å². The highest BCUT2D eigenvalue weighted by molar-refractivity contribution is 6.34. The minimum absolute atomic E-state index is 0.0544.